The van der Waals surface area contributed by atoms with Crippen molar-refractivity contribution in [2.75, 3.05) is 25.1 Å². The first kappa shape index (κ1) is 16.1. The SMILES string of the molecule is Cc1nnc2sc(C(=O)NC3CN(S(C)(=O)=O)C3)c(N)c2c1C. The Labute approximate surface area is 137 Å². The summed E-state index contributed by atoms with van der Waals surface area (Å²) in [6, 6.07) is -0.198. The van der Waals surface area contributed by atoms with Crippen LogP contribution in [-0.2, 0) is 10.0 Å². The second kappa shape index (κ2) is 5.39. The predicted octanol–water partition coefficient (Wildman–Crippen LogP) is 0.264. The zero-order chi connectivity index (χ0) is 16.9. The zero-order valence-corrected chi connectivity index (χ0v) is 14.6. The van der Waals surface area contributed by atoms with E-state index in [9.17, 15) is 13.2 Å². The van der Waals surface area contributed by atoms with Gasteiger partial charge < -0.3 is 11.1 Å². The summed E-state index contributed by atoms with van der Waals surface area (Å²) < 4.78 is 24.0. The van der Waals surface area contributed by atoms with Gasteiger partial charge in [-0.1, -0.05) is 0 Å². The number of aryl methyl sites for hydroxylation is 2. The lowest BCUT2D eigenvalue weighted by Crippen LogP contribution is -2.60. The molecule has 2 aromatic rings. The van der Waals surface area contributed by atoms with Crippen LogP contribution in [0.2, 0.25) is 0 Å². The third-order valence-electron chi connectivity index (χ3n) is 3.99. The number of nitrogens with one attached hydrogen (secondary N) is 1. The lowest BCUT2D eigenvalue weighted by molar-refractivity contribution is 0.0901. The Hall–Kier alpha value is -1.78. The van der Waals surface area contributed by atoms with E-state index < -0.39 is 10.0 Å². The van der Waals surface area contributed by atoms with E-state index in [-0.39, 0.29) is 25.0 Å². The highest BCUT2D eigenvalue weighted by Gasteiger charge is 2.34. The molecule has 124 valence electrons. The molecule has 1 amide bonds. The van der Waals surface area contributed by atoms with Crippen LogP contribution in [0, 0.1) is 13.8 Å². The Morgan fingerprint density at radius 1 is 1.35 bits per heavy atom. The number of nitrogen functional groups attached to an aromatic ring is 1. The van der Waals surface area contributed by atoms with Crippen LogP contribution in [0.4, 0.5) is 5.69 Å². The lowest BCUT2D eigenvalue weighted by Gasteiger charge is -2.37. The van der Waals surface area contributed by atoms with Crippen molar-refractivity contribution in [1.82, 2.24) is 19.8 Å². The fourth-order valence-corrected chi connectivity index (χ4v) is 4.37. The third kappa shape index (κ3) is 2.77. The first-order valence-corrected chi connectivity index (χ1v) is 9.62. The molecule has 0 atom stereocenters. The minimum atomic E-state index is -3.20. The van der Waals surface area contributed by atoms with Gasteiger partial charge in [-0.15, -0.1) is 16.4 Å². The molecule has 10 heteroatoms. The van der Waals surface area contributed by atoms with E-state index in [1.54, 1.807) is 0 Å². The molecule has 1 fully saturated rings. The largest absolute Gasteiger partial charge is 0.397 e. The maximum absolute atomic E-state index is 12.4. The number of hydrogen-bond donors (Lipinski definition) is 2. The number of carbonyl (C=O) groups is 1. The van der Waals surface area contributed by atoms with E-state index in [4.69, 9.17) is 5.73 Å². The van der Waals surface area contributed by atoms with Crippen molar-refractivity contribution in [2.24, 2.45) is 0 Å². The molecule has 8 nitrogen and oxygen atoms in total. The molecule has 23 heavy (non-hydrogen) atoms. The van der Waals surface area contributed by atoms with Crippen LogP contribution in [0.1, 0.15) is 20.9 Å². The summed E-state index contributed by atoms with van der Waals surface area (Å²) in [5.74, 6) is -0.305. The maximum atomic E-state index is 12.4. The highest BCUT2D eigenvalue weighted by atomic mass is 32.2. The Kier molecular flexibility index (Phi) is 3.77. The third-order valence-corrected chi connectivity index (χ3v) is 6.32. The van der Waals surface area contributed by atoms with Crippen molar-refractivity contribution < 1.29 is 13.2 Å². The molecular formula is C13H17N5O3S2. The summed E-state index contributed by atoms with van der Waals surface area (Å²) in [5, 5.41) is 11.7. The van der Waals surface area contributed by atoms with Crippen molar-refractivity contribution in [1.29, 1.82) is 0 Å². The summed E-state index contributed by atoms with van der Waals surface area (Å²) in [6.45, 7) is 4.31. The molecule has 1 aliphatic rings. The van der Waals surface area contributed by atoms with Gasteiger partial charge in [-0.05, 0) is 19.4 Å². The van der Waals surface area contributed by atoms with Crippen molar-refractivity contribution in [3.8, 4) is 0 Å². The molecule has 0 unspecified atom stereocenters. The first-order valence-electron chi connectivity index (χ1n) is 6.96. The molecule has 0 radical (unpaired) electrons. The number of fused-ring (bicyclic) bond motifs is 1. The van der Waals surface area contributed by atoms with E-state index in [1.807, 2.05) is 13.8 Å². The lowest BCUT2D eigenvalue weighted by atomic mass is 10.1. The smallest absolute Gasteiger partial charge is 0.263 e. The average molecular weight is 355 g/mol. The molecule has 0 aromatic carbocycles. The summed E-state index contributed by atoms with van der Waals surface area (Å²) in [6.07, 6.45) is 1.15. The number of hydrogen-bond acceptors (Lipinski definition) is 7. The Balaban J connectivity index is 1.80. The number of carbonyl (C=O) groups excluding carboxylic acids is 1. The van der Waals surface area contributed by atoms with Gasteiger partial charge in [-0.25, -0.2) is 8.42 Å². The highest BCUT2D eigenvalue weighted by Crippen LogP contribution is 2.34. The standard InChI is InChI=1S/C13H17N5O3S2/c1-6-7(2)16-17-13-9(6)10(14)11(22-13)12(19)15-8-4-18(5-8)23(3,20)21/h8H,4-5,14H2,1-3H3,(H,15,19). The van der Waals surface area contributed by atoms with Crippen molar-refractivity contribution in [2.45, 2.75) is 19.9 Å². The number of anilines is 1. The van der Waals surface area contributed by atoms with E-state index in [2.05, 4.69) is 15.5 Å². The highest BCUT2D eigenvalue weighted by molar-refractivity contribution is 7.88. The molecule has 3 rings (SSSR count). The summed E-state index contributed by atoms with van der Waals surface area (Å²) in [5.41, 5.74) is 8.20. The number of rotatable bonds is 3. The number of aromatic nitrogens is 2. The van der Waals surface area contributed by atoms with Crippen LogP contribution in [-0.4, -0.2) is 54.2 Å². The fraction of sp³-hybridized carbons (Fsp3) is 0.462. The van der Waals surface area contributed by atoms with E-state index in [0.29, 0.717) is 15.4 Å². The second-order valence-electron chi connectivity index (χ2n) is 5.69. The zero-order valence-electron chi connectivity index (χ0n) is 13.0. The average Bonchev–Trinajstić information content (AvgIpc) is 2.74. The fourth-order valence-electron chi connectivity index (χ4n) is 2.46. The minimum Gasteiger partial charge on any atom is -0.397 e. The van der Waals surface area contributed by atoms with Gasteiger partial charge in [0.15, 0.2) is 0 Å². The molecule has 2 aromatic heterocycles. The van der Waals surface area contributed by atoms with Gasteiger partial charge in [0.05, 0.1) is 23.7 Å². The minimum absolute atomic E-state index is 0.198. The van der Waals surface area contributed by atoms with E-state index >= 15 is 0 Å². The molecule has 3 N–H and O–H groups in total. The molecule has 0 aliphatic carbocycles. The first-order chi connectivity index (χ1) is 10.7. The molecule has 3 heterocycles. The number of thiophene rings is 1. The van der Waals surface area contributed by atoms with Crippen LogP contribution in [0.5, 0.6) is 0 Å². The molecular weight excluding hydrogens is 338 g/mol. The predicted molar refractivity (Wildman–Crippen MR) is 89.0 cm³/mol. The number of amides is 1. The Morgan fingerprint density at radius 2 is 2.00 bits per heavy atom. The maximum Gasteiger partial charge on any atom is 0.263 e. The topological polar surface area (TPSA) is 118 Å². The number of nitrogens with two attached hydrogens (primary N) is 1. The van der Waals surface area contributed by atoms with Gasteiger partial charge in [-0.2, -0.15) is 9.40 Å². The summed E-state index contributed by atoms with van der Waals surface area (Å²) in [4.78, 5) is 13.4. The van der Waals surface area contributed by atoms with Gasteiger partial charge in [0.25, 0.3) is 5.91 Å². The van der Waals surface area contributed by atoms with Gasteiger partial charge in [-0.3, -0.25) is 4.79 Å². The van der Waals surface area contributed by atoms with Crippen LogP contribution in [0.3, 0.4) is 0 Å². The Morgan fingerprint density at radius 3 is 2.61 bits per heavy atom. The molecule has 0 bridgehead atoms. The van der Waals surface area contributed by atoms with E-state index in [0.717, 1.165) is 22.9 Å². The van der Waals surface area contributed by atoms with Crippen LogP contribution in [0.25, 0.3) is 10.2 Å². The normalized spacial score (nSPS) is 16.5. The van der Waals surface area contributed by atoms with E-state index in [1.165, 1.54) is 15.6 Å². The van der Waals surface area contributed by atoms with Crippen molar-refractivity contribution in [3.05, 3.63) is 16.1 Å². The van der Waals surface area contributed by atoms with Gasteiger partial charge in [0.2, 0.25) is 10.0 Å². The monoisotopic (exact) mass is 355 g/mol. The number of nitrogens with zero attached hydrogens (tertiary/aromatic N) is 3. The van der Waals surface area contributed by atoms with Crippen LogP contribution >= 0.6 is 11.3 Å². The van der Waals surface area contributed by atoms with Crippen LogP contribution < -0.4 is 11.1 Å². The molecule has 1 saturated heterocycles. The van der Waals surface area contributed by atoms with Crippen LogP contribution in [0.15, 0.2) is 0 Å². The second-order valence-corrected chi connectivity index (χ2v) is 8.67. The molecule has 0 spiro atoms. The molecule has 1 aliphatic heterocycles. The summed E-state index contributed by atoms with van der Waals surface area (Å²) >= 11 is 1.20. The van der Waals surface area contributed by atoms with Crippen molar-refractivity contribution in [3.63, 3.8) is 0 Å². The quantitative estimate of drug-likeness (QED) is 0.815. The molecule has 0 saturated carbocycles. The summed E-state index contributed by atoms with van der Waals surface area (Å²) in [7, 11) is -3.20. The van der Waals surface area contributed by atoms with Gasteiger partial charge in [0.1, 0.15) is 9.71 Å². The van der Waals surface area contributed by atoms with Gasteiger partial charge in [0, 0.05) is 18.5 Å². The van der Waals surface area contributed by atoms with Crippen molar-refractivity contribution >= 4 is 43.2 Å². The number of sulfonamides is 1. The van der Waals surface area contributed by atoms with Gasteiger partial charge >= 0.3 is 0 Å². The Bertz CT molecular complexity index is 900.